The summed E-state index contributed by atoms with van der Waals surface area (Å²) in [4.78, 5) is 4.89. The number of rotatable bonds is 3. The molecule has 0 aliphatic heterocycles. The molecule has 9 rings (SSSR count). The van der Waals surface area contributed by atoms with Crippen molar-refractivity contribution in [1.29, 1.82) is 0 Å². The van der Waals surface area contributed by atoms with Crippen LogP contribution in [0.25, 0.3) is 50.1 Å². The highest BCUT2D eigenvalue weighted by Gasteiger charge is 2.51. The monoisotopic (exact) mass is 536 g/mol. The molecular weight excluding hydrogens is 508 g/mol. The topological polar surface area (TPSA) is 17.8 Å². The summed E-state index contributed by atoms with van der Waals surface area (Å²) < 4.78 is 2.29. The van der Waals surface area contributed by atoms with Crippen LogP contribution < -0.4 is 0 Å². The zero-order chi connectivity index (χ0) is 27.8. The van der Waals surface area contributed by atoms with Gasteiger partial charge in [-0.15, -0.1) is 0 Å². The SMILES string of the molecule is CCc1nc2ccccc2n1-c1ccc(-c2ccc3c(c2)C2(c4ccccc4-c4ccccc42)c2ccccc2-3)cc1. The van der Waals surface area contributed by atoms with E-state index in [2.05, 4.69) is 151 Å². The van der Waals surface area contributed by atoms with E-state index in [0.717, 1.165) is 29.0 Å². The summed E-state index contributed by atoms with van der Waals surface area (Å²) in [6, 6.07) is 51.5. The molecule has 1 heterocycles. The molecule has 2 heteroatoms. The van der Waals surface area contributed by atoms with Crippen LogP contribution in [-0.4, -0.2) is 9.55 Å². The average molecular weight is 537 g/mol. The molecule has 7 aromatic rings. The van der Waals surface area contributed by atoms with Crippen molar-refractivity contribution < 1.29 is 0 Å². The minimum atomic E-state index is -0.319. The van der Waals surface area contributed by atoms with Gasteiger partial charge in [-0.25, -0.2) is 4.98 Å². The number of hydrogen-bond acceptors (Lipinski definition) is 1. The predicted octanol–water partition coefficient (Wildman–Crippen LogP) is 9.60. The predicted molar refractivity (Wildman–Crippen MR) is 172 cm³/mol. The van der Waals surface area contributed by atoms with Crippen LogP contribution >= 0.6 is 0 Å². The largest absolute Gasteiger partial charge is 0.296 e. The van der Waals surface area contributed by atoms with E-state index in [1.807, 2.05) is 0 Å². The first-order valence-electron chi connectivity index (χ1n) is 14.8. The first kappa shape index (κ1) is 23.5. The zero-order valence-electron chi connectivity index (χ0n) is 23.4. The molecule has 0 radical (unpaired) electrons. The first-order chi connectivity index (χ1) is 20.8. The van der Waals surface area contributed by atoms with Gasteiger partial charge < -0.3 is 0 Å². The molecule has 2 aliphatic rings. The molecule has 198 valence electrons. The van der Waals surface area contributed by atoms with E-state index in [1.54, 1.807) is 0 Å². The van der Waals surface area contributed by atoms with Gasteiger partial charge in [0.2, 0.25) is 0 Å². The van der Waals surface area contributed by atoms with Crippen LogP contribution in [0.4, 0.5) is 0 Å². The minimum absolute atomic E-state index is 0.319. The van der Waals surface area contributed by atoms with Crippen molar-refractivity contribution in [2.45, 2.75) is 18.8 Å². The van der Waals surface area contributed by atoms with Gasteiger partial charge in [0.05, 0.1) is 16.4 Å². The zero-order valence-corrected chi connectivity index (χ0v) is 23.4. The highest BCUT2D eigenvalue weighted by molar-refractivity contribution is 5.95. The second kappa shape index (κ2) is 8.64. The molecule has 6 aromatic carbocycles. The number of nitrogens with zero attached hydrogens (tertiary/aromatic N) is 2. The maximum absolute atomic E-state index is 4.89. The Morgan fingerprint density at radius 3 is 1.67 bits per heavy atom. The molecule has 0 amide bonds. The maximum Gasteiger partial charge on any atom is 0.114 e. The van der Waals surface area contributed by atoms with Gasteiger partial charge in [0.15, 0.2) is 0 Å². The molecule has 0 N–H and O–H groups in total. The van der Waals surface area contributed by atoms with Crippen molar-refractivity contribution in [3.05, 3.63) is 168 Å². The van der Waals surface area contributed by atoms with E-state index >= 15 is 0 Å². The highest BCUT2D eigenvalue weighted by Crippen LogP contribution is 2.62. The molecule has 2 nitrogen and oxygen atoms in total. The van der Waals surface area contributed by atoms with E-state index < -0.39 is 0 Å². The third kappa shape index (κ3) is 2.96. The normalized spacial score (nSPS) is 13.6. The Hall–Kier alpha value is -5.21. The van der Waals surface area contributed by atoms with E-state index in [9.17, 15) is 0 Å². The van der Waals surface area contributed by atoms with Crippen LogP contribution in [0.1, 0.15) is 35.0 Å². The molecule has 2 aliphatic carbocycles. The molecule has 0 saturated carbocycles. The summed E-state index contributed by atoms with van der Waals surface area (Å²) in [5.74, 6) is 1.08. The number of para-hydroxylation sites is 2. The number of imidazole rings is 1. The van der Waals surface area contributed by atoms with Gasteiger partial charge in [-0.2, -0.15) is 0 Å². The maximum atomic E-state index is 4.89. The number of aromatic nitrogens is 2. The standard InChI is InChI=1S/C40H28N2/c1-2-39-41-37-17-9-10-18-38(37)42(39)28-22-19-26(20-23-28)27-21-24-32-31-13-5-8-16-35(31)40(36(32)25-27)33-14-6-3-11-29(33)30-12-4-7-15-34(30)40/h3-25H,2H2,1H3. The quantitative estimate of drug-likeness (QED) is 0.220. The average Bonchev–Trinajstić information content (AvgIpc) is 3.69. The van der Waals surface area contributed by atoms with Gasteiger partial charge in [0, 0.05) is 12.1 Å². The second-order valence-electron chi connectivity index (χ2n) is 11.4. The lowest BCUT2D eigenvalue weighted by atomic mass is 9.70. The van der Waals surface area contributed by atoms with Gasteiger partial charge in [-0.05, 0) is 86.0 Å². The fourth-order valence-electron chi connectivity index (χ4n) is 7.68. The lowest BCUT2D eigenvalue weighted by molar-refractivity contribution is 0.794. The Morgan fingerprint density at radius 1 is 0.524 bits per heavy atom. The van der Waals surface area contributed by atoms with Crippen LogP contribution in [0.5, 0.6) is 0 Å². The van der Waals surface area contributed by atoms with Crippen LogP contribution in [0.15, 0.2) is 140 Å². The molecule has 1 aromatic heterocycles. The molecule has 0 atom stereocenters. The highest BCUT2D eigenvalue weighted by atomic mass is 15.1. The molecular formula is C40H28N2. The Bertz CT molecular complexity index is 2120. The summed E-state index contributed by atoms with van der Waals surface area (Å²) >= 11 is 0. The third-order valence-electron chi connectivity index (χ3n) is 9.40. The molecule has 0 saturated heterocycles. The van der Waals surface area contributed by atoms with E-state index in [0.29, 0.717) is 0 Å². The summed E-state index contributed by atoms with van der Waals surface area (Å²) in [7, 11) is 0. The number of benzene rings is 6. The Kier molecular flexibility index (Phi) is 4.83. The van der Waals surface area contributed by atoms with Crippen molar-refractivity contribution in [3.8, 4) is 39.1 Å². The van der Waals surface area contributed by atoms with Crippen LogP contribution in [-0.2, 0) is 11.8 Å². The van der Waals surface area contributed by atoms with Crippen molar-refractivity contribution in [2.75, 3.05) is 0 Å². The van der Waals surface area contributed by atoms with Crippen molar-refractivity contribution >= 4 is 11.0 Å². The Balaban J connectivity index is 1.24. The van der Waals surface area contributed by atoms with Gasteiger partial charge in [-0.1, -0.05) is 116 Å². The van der Waals surface area contributed by atoms with Crippen molar-refractivity contribution in [1.82, 2.24) is 9.55 Å². The summed E-state index contributed by atoms with van der Waals surface area (Å²) in [6.45, 7) is 2.17. The van der Waals surface area contributed by atoms with Crippen LogP contribution in [0, 0.1) is 0 Å². The second-order valence-corrected chi connectivity index (χ2v) is 11.4. The number of fused-ring (bicyclic) bond motifs is 11. The molecule has 0 bridgehead atoms. The molecule has 1 spiro atoms. The number of aryl methyl sites for hydroxylation is 1. The third-order valence-corrected chi connectivity index (χ3v) is 9.40. The fourth-order valence-corrected chi connectivity index (χ4v) is 7.68. The van der Waals surface area contributed by atoms with Crippen molar-refractivity contribution in [3.63, 3.8) is 0 Å². The van der Waals surface area contributed by atoms with Gasteiger partial charge in [-0.3, -0.25) is 4.57 Å². The molecule has 0 fully saturated rings. The first-order valence-corrected chi connectivity index (χ1v) is 14.8. The van der Waals surface area contributed by atoms with E-state index in [1.165, 1.54) is 55.6 Å². The van der Waals surface area contributed by atoms with Crippen LogP contribution in [0.2, 0.25) is 0 Å². The Morgan fingerprint density at radius 2 is 1.05 bits per heavy atom. The van der Waals surface area contributed by atoms with Gasteiger partial charge >= 0.3 is 0 Å². The molecule has 42 heavy (non-hydrogen) atoms. The summed E-state index contributed by atoms with van der Waals surface area (Å²) in [5, 5.41) is 0. The lowest BCUT2D eigenvalue weighted by Gasteiger charge is -2.30. The van der Waals surface area contributed by atoms with Crippen molar-refractivity contribution in [2.24, 2.45) is 0 Å². The smallest absolute Gasteiger partial charge is 0.114 e. The molecule has 0 unspecified atom stereocenters. The van der Waals surface area contributed by atoms with Gasteiger partial charge in [0.1, 0.15) is 5.82 Å². The van der Waals surface area contributed by atoms with Crippen LogP contribution in [0.3, 0.4) is 0 Å². The van der Waals surface area contributed by atoms with Gasteiger partial charge in [0.25, 0.3) is 0 Å². The minimum Gasteiger partial charge on any atom is -0.296 e. The van der Waals surface area contributed by atoms with E-state index in [-0.39, 0.29) is 5.41 Å². The summed E-state index contributed by atoms with van der Waals surface area (Å²) in [6.07, 6.45) is 0.882. The fraction of sp³-hybridized carbons (Fsp3) is 0.0750. The number of hydrogen-bond donors (Lipinski definition) is 0. The summed E-state index contributed by atoms with van der Waals surface area (Å²) in [5.41, 5.74) is 16.3. The Labute approximate surface area is 245 Å². The lowest BCUT2D eigenvalue weighted by Crippen LogP contribution is -2.25. The van der Waals surface area contributed by atoms with E-state index in [4.69, 9.17) is 4.98 Å².